The highest BCUT2D eigenvalue weighted by Crippen LogP contribution is 2.13. The van der Waals surface area contributed by atoms with Crippen molar-refractivity contribution in [3.05, 3.63) is 35.6 Å². The number of likely N-dealkylation sites (N-methyl/N-ethyl adjacent to an activating group) is 1. The van der Waals surface area contributed by atoms with E-state index in [4.69, 9.17) is 0 Å². The summed E-state index contributed by atoms with van der Waals surface area (Å²) >= 11 is 0. The molecule has 0 N–H and O–H groups in total. The molecule has 0 bridgehead atoms. The Balaban J connectivity index is 1.77. The molecule has 0 unspecified atom stereocenters. The van der Waals surface area contributed by atoms with Crippen LogP contribution in [0.3, 0.4) is 0 Å². The van der Waals surface area contributed by atoms with E-state index in [9.17, 15) is 12.8 Å². The molecule has 5 nitrogen and oxygen atoms in total. The van der Waals surface area contributed by atoms with E-state index in [0.717, 1.165) is 38.3 Å². The lowest BCUT2D eigenvalue weighted by Crippen LogP contribution is -2.54. The first-order chi connectivity index (χ1) is 10.8. The van der Waals surface area contributed by atoms with E-state index < -0.39 is 10.0 Å². The maximum atomic E-state index is 12.9. The van der Waals surface area contributed by atoms with E-state index in [1.54, 1.807) is 16.4 Å². The number of halogens is 1. The quantitative estimate of drug-likeness (QED) is 0.779. The summed E-state index contributed by atoms with van der Waals surface area (Å²) in [6.07, 6.45) is 1.27. The average Bonchev–Trinajstić information content (AvgIpc) is 2.46. The van der Waals surface area contributed by atoms with Crippen LogP contribution >= 0.6 is 0 Å². The molecule has 1 aromatic rings. The molecule has 0 spiro atoms. The fourth-order valence-corrected chi connectivity index (χ4v) is 4.14. The van der Waals surface area contributed by atoms with Crippen LogP contribution < -0.4 is 0 Å². The first kappa shape index (κ1) is 18.3. The Bertz CT molecular complexity index is 606. The summed E-state index contributed by atoms with van der Waals surface area (Å²) in [7, 11) is -1.07. The molecule has 130 valence electrons. The molecule has 2 rings (SSSR count). The van der Waals surface area contributed by atoms with Crippen LogP contribution in [0.15, 0.2) is 24.3 Å². The van der Waals surface area contributed by atoms with Crippen molar-refractivity contribution in [1.29, 1.82) is 0 Å². The summed E-state index contributed by atoms with van der Waals surface area (Å²) in [5.41, 5.74) is 1.09. The van der Waals surface area contributed by atoms with Gasteiger partial charge < -0.3 is 4.90 Å². The molecule has 1 fully saturated rings. The monoisotopic (exact) mass is 343 g/mol. The van der Waals surface area contributed by atoms with Gasteiger partial charge >= 0.3 is 0 Å². The lowest BCUT2D eigenvalue weighted by Gasteiger charge is -2.38. The van der Waals surface area contributed by atoms with Crippen LogP contribution in [0.4, 0.5) is 4.39 Å². The first-order valence-electron chi connectivity index (χ1n) is 7.88. The van der Waals surface area contributed by atoms with E-state index in [0.29, 0.717) is 6.54 Å². The van der Waals surface area contributed by atoms with E-state index in [-0.39, 0.29) is 11.9 Å². The normalized spacial score (nSPS) is 21.0. The predicted molar refractivity (Wildman–Crippen MR) is 90.2 cm³/mol. The molecule has 0 amide bonds. The summed E-state index contributed by atoms with van der Waals surface area (Å²) in [5.74, 6) is -0.214. The number of nitrogens with zero attached hydrogens (tertiary/aromatic N) is 3. The predicted octanol–water partition coefficient (Wildman–Crippen LogP) is 1.22. The Morgan fingerprint density at radius 3 is 2.48 bits per heavy atom. The second-order valence-electron chi connectivity index (χ2n) is 6.39. The zero-order chi connectivity index (χ0) is 17.0. The van der Waals surface area contributed by atoms with Gasteiger partial charge in [0, 0.05) is 45.3 Å². The van der Waals surface area contributed by atoms with Crippen LogP contribution in [0.2, 0.25) is 0 Å². The van der Waals surface area contributed by atoms with E-state index in [1.165, 1.54) is 18.4 Å². The van der Waals surface area contributed by atoms with Crippen molar-refractivity contribution < 1.29 is 12.8 Å². The molecule has 0 aromatic heterocycles. The van der Waals surface area contributed by atoms with E-state index in [1.807, 2.05) is 14.0 Å². The lowest BCUT2D eigenvalue weighted by atomic mass is 10.2. The van der Waals surface area contributed by atoms with Gasteiger partial charge in [-0.25, -0.2) is 12.8 Å². The molecule has 1 saturated heterocycles. The summed E-state index contributed by atoms with van der Waals surface area (Å²) in [6.45, 7) is 6.61. The van der Waals surface area contributed by atoms with Crippen molar-refractivity contribution in [2.75, 3.05) is 46.0 Å². The van der Waals surface area contributed by atoms with Crippen molar-refractivity contribution in [2.24, 2.45) is 0 Å². The van der Waals surface area contributed by atoms with Gasteiger partial charge in [-0.3, -0.25) is 4.90 Å². The molecule has 1 atom stereocenters. The zero-order valence-corrected chi connectivity index (χ0v) is 14.9. The number of piperazine rings is 1. The Kier molecular flexibility index (Phi) is 6.13. The van der Waals surface area contributed by atoms with Crippen molar-refractivity contribution in [1.82, 2.24) is 14.1 Å². The molecule has 1 aliphatic heterocycles. The molecule has 7 heteroatoms. The highest BCUT2D eigenvalue weighted by molar-refractivity contribution is 7.88. The summed E-state index contributed by atoms with van der Waals surface area (Å²) < 4.78 is 37.8. The lowest BCUT2D eigenvalue weighted by molar-refractivity contribution is 0.131. The van der Waals surface area contributed by atoms with Crippen molar-refractivity contribution in [2.45, 2.75) is 19.5 Å². The topological polar surface area (TPSA) is 43.9 Å². The molecule has 1 aliphatic rings. The van der Waals surface area contributed by atoms with Gasteiger partial charge in [0.15, 0.2) is 0 Å². The summed E-state index contributed by atoms with van der Waals surface area (Å²) in [5, 5.41) is 0. The second-order valence-corrected chi connectivity index (χ2v) is 8.32. The Hall–Kier alpha value is -1.02. The third kappa shape index (κ3) is 5.53. The van der Waals surface area contributed by atoms with Gasteiger partial charge in [-0.05, 0) is 31.7 Å². The van der Waals surface area contributed by atoms with Gasteiger partial charge in [0.05, 0.1) is 6.26 Å². The Morgan fingerprint density at radius 1 is 1.26 bits per heavy atom. The average molecular weight is 343 g/mol. The zero-order valence-electron chi connectivity index (χ0n) is 14.1. The number of sulfonamides is 1. The van der Waals surface area contributed by atoms with Crippen LogP contribution in [0.25, 0.3) is 0 Å². The number of benzene rings is 1. The summed E-state index contributed by atoms with van der Waals surface area (Å²) in [4.78, 5) is 4.49. The fraction of sp³-hybridized carbons (Fsp3) is 0.625. The molecule has 0 radical (unpaired) electrons. The number of hydrogen-bond donors (Lipinski definition) is 0. The SMILES string of the molecule is C[C@H]1CN(CCN(C)Cc2ccc(F)cc2)CCN1S(C)(=O)=O. The van der Waals surface area contributed by atoms with Crippen molar-refractivity contribution in [3.63, 3.8) is 0 Å². The largest absolute Gasteiger partial charge is 0.301 e. The highest BCUT2D eigenvalue weighted by Gasteiger charge is 2.29. The van der Waals surface area contributed by atoms with E-state index in [2.05, 4.69) is 9.80 Å². The highest BCUT2D eigenvalue weighted by atomic mass is 32.2. The van der Waals surface area contributed by atoms with Crippen LogP contribution in [-0.4, -0.2) is 74.6 Å². The van der Waals surface area contributed by atoms with Crippen molar-refractivity contribution in [3.8, 4) is 0 Å². The Morgan fingerprint density at radius 2 is 1.91 bits per heavy atom. The van der Waals surface area contributed by atoms with Crippen LogP contribution in [0.1, 0.15) is 12.5 Å². The van der Waals surface area contributed by atoms with Crippen LogP contribution in [0, 0.1) is 5.82 Å². The van der Waals surface area contributed by atoms with E-state index >= 15 is 0 Å². The minimum absolute atomic E-state index is 0.0150. The van der Waals surface area contributed by atoms with Gasteiger partial charge in [-0.15, -0.1) is 0 Å². The number of rotatable bonds is 6. The maximum Gasteiger partial charge on any atom is 0.211 e. The van der Waals surface area contributed by atoms with Crippen molar-refractivity contribution >= 4 is 10.0 Å². The molecule has 0 saturated carbocycles. The minimum Gasteiger partial charge on any atom is -0.301 e. The molecule has 23 heavy (non-hydrogen) atoms. The van der Waals surface area contributed by atoms with Gasteiger partial charge in [0.1, 0.15) is 5.82 Å². The number of hydrogen-bond acceptors (Lipinski definition) is 4. The molecular formula is C16H26FN3O2S. The van der Waals surface area contributed by atoms with Gasteiger partial charge in [-0.2, -0.15) is 4.31 Å². The third-order valence-corrected chi connectivity index (χ3v) is 5.63. The fourth-order valence-electron chi connectivity index (χ4n) is 3.00. The Labute approximate surface area is 138 Å². The first-order valence-corrected chi connectivity index (χ1v) is 9.72. The molecular weight excluding hydrogens is 317 g/mol. The van der Waals surface area contributed by atoms with Gasteiger partial charge in [-0.1, -0.05) is 12.1 Å². The molecule has 1 aromatic carbocycles. The van der Waals surface area contributed by atoms with Crippen LogP contribution in [0.5, 0.6) is 0 Å². The smallest absolute Gasteiger partial charge is 0.211 e. The second kappa shape index (κ2) is 7.70. The van der Waals surface area contributed by atoms with Gasteiger partial charge in [0.2, 0.25) is 10.0 Å². The molecule has 1 heterocycles. The maximum absolute atomic E-state index is 12.9. The molecule has 0 aliphatic carbocycles. The van der Waals surface area contributed by atoms with Gasteiger partial charge in [0.25, 0.3) is 0 Å². The summed E-state index contributed by atoms with van der Waals surface area (Å²) in [6, 6.07) is 6.59. The van der Waals surface area contributed by atoms with Crippen LogP contribution in [-0.2, 0) is 16.6 Å². The third-order valence-electron chi connectivity index (χ3n) is 4.24. The minimum atomic E-state index is -3.11. The standard InChI is InChI=1S/C16H26FN3O2S/c1-14-12-19(10-11-20(14)23(3,21)22)9-8-18(2)13-15-4-6-16(17)7-5-15/h4-7,14H,8-13H2,1-3H3/t14-/m0/s1.